The Kier molecular flexibility index (Phi) is 4.05. The van der Waals surface area contributed by atoms with E-state index in [0.717, 1.165) is 12.8 Å². The minimum absolute atomic E-state index is 0.0616. The van der Waals surface area contributed by atoms with E-state index >= 15 is 0 Å². The zero-order valence-corrected chi connectivity index (χ0v) is 13.1. The first-order valence-corrected chi connectivity index (χ1v) is 7.11. The van der Waals surface area contributed by atoms with Gasteiger partial charge in [-0.2, -0.15) is 0 Å². The zero-order valence-electron chi connectivity index (χ0n) is 13.1. The molecule has 0 radical (unpaired) electrons. The number of methoxy groups -OCH3 is 3. The van der Waals surface area contributed by atoms with Gasteiger partial charge in [-0.25, -0.2) is 0 Å². The van der Waals surface area contributed by atoms with Crippen molar-refractivity contribution in [3.05, 3.63) is 12.1 Å². The summed E-state index contributed by atoms with van der Waals surface area (Å²) in [5.74, 6) is 1.64. The molecule has 1 aromatic carbocycles. The van der Waals surface area contributed by atoms with Crippen LogP contribution in [-0.4, -0.2) is 37.4 Å². The van der Waals surface area contributed by atoms with Gasteiger partial charge < -0.3 is 18.6 Å². The minimum atomic E-state index is -0.0925. The molecule has 8 heteroatoms. The summed E-state index contributed by atoms with van der Waals surface area (Å²) in [6.45, 7) is 0. The van der Waals surface area contributed by atoms with Gasteiger partial charge >= 0.3 is 6.01 Å². The number of aromatic nitrogens is 2. The number of anilines is 1. The van der Waals surface area contributed by atoms with Crippen LogP contribution in [0.2, 0.25) is 0 Å². The lowest BCUT2D eigenvalue weighted by atomic mass is 10.2. The van der Waals surface area contributed by atoms with Crippen molar-refractivity contribution in [2.75, 3.05) is 26.6 Å². The highest BCUT2D eigenvalue weighted by Gasteiger charge is 2.30. The number of hydrogen-bond donors (Lipinski definition) is 1. The van der Waals surface area contributed by atoms with Gasteiger partial charge in [0.2, 0.25) is 17.5 Å². The molecule has 0 spiro atoms. The molecule has 0 saturated heterocycles. The summed E-state index contributed by atoms with van der Waals surface area (Å²) in [6, 6.07) is 3.47. The average Bonchev–Trinajstić information content (AvgIpc) is 3.33. The van der Waals surface area contributed by atoms with Crippen molar-refractivity contribution < 1.29 is 23.4 Å². The normalized spacial score (nSPS) is 13.5. The second-order valence-electron chi connectivity index (χ2n) is 5.09. The van der Waals surface area contributed by atoms with E-state index in [0.29, 0.717) is 22.8 Å². The van der Waals surface area contributed by atoms with E-state index in [-0.39, 0.29) is 23.7 Å². The van der Waals surface area contributed by atoms with E-state index in [2.05, 4.69) is 15.5 Å². The monoisotopic (exact) mass is 319 g/mol. The lowest BCUT2D eigenvalue weighted by Crippen LogP contribution is -2.13. The van der Waals surface area contributed by atoms with Crippen molar-refractivity contribution in [2.24, 2.45) is 5.92 Å². The molecular weight excluding hydrogens is 302 g/mol. The van der Waals surface area contributed by atoms with Crippen LogP contribution in [0.25, 0.3) is 11.5 Å². The molecule has 0 bridgehead atoms. The molecule has 1 aliphatic rings. The first kappa shape index (κ1) is 15.1. The molecule has 122 valence electrons. The molecule has 1 aromatic heterocycles. The molecule has 1 fully saturated rings. The Bertz CT molecular complexity index is 699. The van der Waals surface area contributed by atoms with Crippen molar-refractivity contribution in [3.8, 4) is 28.7 Å². The third kappa shape index (κ3) is 3.05. The molecule has 0 aliphatic heterocycles. The third-order valence-corrected chi connectivity index (χ3v) is 3.51. The quantitative estimate of drug-likeness (QED) is 0.871. The summed E-state index contributed by atoms with van der Waals surface area (Å²) in [7, 11) is 4.57. The second-order valence-corrected chi connectivity index (χ2v) is 5.09. The number of benzene rings is 1. The van der Waals surface area contributed by atoms with Gasteiger partial charge in [-0.05, 0) is 25.0 Å². The standard InChI is InChI=1S/C15H17N3O5/c1-20-10-6-9(7-11(21-2)12(10)22-3)14-17-18-15(23-14)16-13(19)8-4-5-8/h6-8H,4-5H2,1-3H3,(H,16,18,19). The molecule has 1 N–H and O–H groups in total. The topological polar surface area (TPSA) is 95.7 Å². The van der Waals surface area contributed by atoms with E-state index in [1.54, 1.807) is 12.1 Å². The Morgan fingerprint density at radius 3 is 2.30 bits per heavy atom. The number of rotatable bonds is 6. The van der Waals surface area contributed by atoms with Crippen molar-refractivity contribution in [1.82, 2.24) is 10.2 Å². The Morgan fingerprint density at radius 1 is 1.13 bits per heavy atom. The molecule has 8 nitrogen and oxygen atoms in total. The van der Waals surface area contributed by atoms with E-state index in [4.69, 9.17) is 18.6 Å². The maximum absolute atomic E-state index is 11.7. The van der Waals surface area contributed by atoms with Crippen molar-refractivity contribution >= 4 is 11.9 Å². The summed E-state index contributed by atoms with van der Waals surface area (Å²) in [5.41, 5.74) is 0.596. The van der Waals surface area contributed by atoms with Crippen LogP contribution in [0.4, 0.5) is 6.01 Å². The van der Waals surface area contributed by atoms with Gasteiger partial charge in [-0.3, -0.25) is 10.1 Å². The summed E-state index contributed by atoms with van der Waals surface area (Å²) in [5, 5.41) is 10.4. The van der Waals surface area contributed by atoms with E-state index in [9.17, 15) is 4.79 Å². The van der Waals surface area contributed by atoms with Crippen molar-refractivity contribution in [2.45, 2.75) is 12.8 Å². The number of carbonyl (C=O) groups is 1. The van der Waals surface area contributed by atoms with Gasteiger partial charge in [-0.15, -0.1) is 5.10 Å². The number of nitrogens with zero attached hydrogens (tertiary/aromatic N) is 2. The number of carbonyl (C=O) groups excluding carboxylic acids is 1. The minimum Gasteiger partial charge on any atom is -0.493 e. The van der Waals surface area contributed by atoms with Gasteiger partial charge in [0.1, 0.15) is 0 Å². The maximum atomic E-state index is 11.7. The highest BCUT2D eigenvalue weighted by atomic mass is 16.5. The molecule has 1 aliphatic carbocycles. The highest BCUT2D eigenvalue weighted by Crippen LogP contribution is 2.41. The summed E-state index contributed by atoms with van der Waals surface area (Å²) < 4.78 is 21.3. The van der Waals surface area contributed by atoms with Crippen LogP contribution >= 0.6 is 0 Å². The Hall–Kier alpha value is -2.77. The molecular formula is C15H17N3O5. The van der Waals surface area contributed by atoms with Crippen LogP contribution in [0.5, 0.6) is 17.2 Å². The molecule has 0 unspecified atom stereocenters. The van der Waals surface area contributed by atoms with Gasteiger partial charge in [-0.1, -0.05) is 5.10 Å². The van der Waals surface area contributed by atoms with E-state index in [1.165, 1.54) is 21.3 Å². The summed E-state index contributed by atoms with van der Waals surface area (Å²) in [4.78, 5) is 11.7. The molecule has 0 atom stereocenters. The smallest absolute Gasteiger partial charge is 0.322 e. The van der Waals surface area contributed by atoms with Crippen LogP contribution in [-0.2, 0) is 4.79 Å². The SMILES string of the molecule is COc1cc(-c2nnc(NC(=O)C3CC3)o2)cc(OC)c1OC. The predicted octanol–water partition coefficient (Wildman–Crippen LogP) is 2.11. The molecule has 2 aromatic rings. The van der Waals surface area contributed by atoms with Crippen LogP contribution < -0.4 is 19.5 Å². The molecule has 1 heterocycles. The fraction of sp³-hybridized carbons (Fsp3) is 0.400. The summed E-state index contributed by atoms with van der Waals surface area (Å²) >= 11 is 0. The van der Waals surface area contributed by atoms with Gasteiger partial charge in [0, 0.05) is 11.5 Å². The van der Waals surface area contributed by atoms with E-state index in [1.807, 2.05) is 0 Å². The van der Waals surface area contributed by atoms with Crippen LogP contribution in [0.15, 0.2) is 16.5 Å². The third-order valence-electron chi connectivity index (χ3n) is 3.51. The number of ether oxygens (including phenoxy) is 3. The zero-order chi connectivity index (χ0) is 16.4. The van der Waals surface area contributed by atoms with Crippen LogP contribution in [0, 0.1) is 5.92 Å². The number of hydrogen-bond acceptors (Lipinski definition) is 7. The van der Waals surface area contributed by atoms with Gasteiger partial charge in [0.15, 0.2) is 11.5 Å². The van der Waals surface area contributed by atoms with Crippen LogP contribution in [0.1, 0.15) is 12.8 Å². The Morgan fingerprint density at radius 2 is 1.78 bits per heavy atom. The van der Waals surface area contributed by atoms with E-state index < -0.39 is 0 Å². The Balaban J connectivity index is 1.88. The van der Waals surface area contributed by atoms with Crippen LogP contribution in [0.3, 0.4) is 0 Å². The largest absolute Gasteiger partial charge is 0.493 e. The predicted molar refractivity (Wildman–Crippen MR) is 80.7 cm³/mol. The molecule has 1 saturated carbocycles. The number of amides is 1. The fourth-order valence-corrected chi connectivity index (χ4v) is 2.15. The van der Waals surface area contributed by atoms with Gasteiger partial charge in [0.05, 0.1) is 21.3 Å². The first-order chi connectivity index (χ1) is 11.2. The van der Waals surface area contributed by atoms with Gasteiger partial charge in [0.25, 0.3) is 0 Å². The fourth-order valence-electron chi connectivity index (χ4n) is 2.15. The highest BCUT2D eigenvalue weighted by molar-refractivity contribution is 5.92. The number of nitrogens with one attached hydrogen (secondary N) is 1. The summed E-state index contributed by atoms with van der Waals surface area (Å²) in [6.07, 6.45) is 1.80. The Labute approximate surface area is 132 Å². The lowest BCUT2D eigenvalue weighted by molar-refractivity contribution is -0.117. The second kappa shape index (κ2) is 6.15. The maximum Gasteiger partial charge on any atom is 0.322 e. The van der Waals surface area contributed by atoms with Crippen molar-refractivity contribution in [3.63, 3.8) is 0 Å². The molecule has 3 rings (SSSR count). The average molecular weight is 319 g/mol. The molecule has 1 amide bonds. The van der Waals surface area contributed by atoms with Crippen molar-refractivity contribution in [1.29, 1.82) is 0 Å². The lowest BCUT2D eigenvalue weighted by Gasteiger charge is -2.12. The molecule has 23 heavy (non-hydrogen) atoms. The first-order valence-electron chi connectivity index (χ1n) is 7.11.